The number of hydrogen-bond acceptors (Lipinski definition) is 1. The van der Waals surface area contributed by atoms with Gasteiger partial charge in [0, 0.05) is 6.61 Å². The first-order valence-corrected chi connectivity index (χ1v) is 4.92. The normalized spacial score (nSPS) is 13.4. The molecule has 0 aromatic carbocycles. The van der Waals surface area contributed by atoms with Gasteiger partial charge in [-0.05, 0) is 18.8 Å². The van der Waals surface area contributed by atoms with Gasteiger partial charge in [0.25, 0.3) is 0 Å². The van der Waals surface area contributed by atoms with Gasteiger partial charge in [-0.25, -0.2) is 0 Å². The SMILES string of the molecule is CCCCC[C@H](C)CCCO. The van der Waals surface area contributed by atoms with Gasteiger partial charge in [-0.1, -0.05) is 39.5 Å². The van der Waals surface area contributed by atoms with E-state index in [1.807, 2.05) is 0 Å². The molecule has 0 heterocycles. The lowest BCUT2D eigenvalue weighted by molar-refractivity contribution is 0.270. The molecule has 0 amide bonds. The monoisotopic (exact) mass is 158 g/mol. The maximum atomic E-state index is 8.59. The van der Waals surface area contributed by atoms with Crippen LogP contribution in [0.25, 0.3) is 0 Å². The molecule has 68 valence electrons. The average Bonchev–Trinajstić information content (AvgIpc) is 2.01. The van der Waals surface area contributed by atoms with Crippen LogP contribution < -0.4 is 0 Å². The second-order valence-electron chi connectivity index (χ2n) is 3.47. The van der Waals surface area contributed by atoms with Gasteiger partial charge in [-0.15, -0.1) is 0 Å². The molecule has 0 aliphatic rings. The van der Waals surface area contributed by atoms with Gasteiger partial charge in [0.2, 0.25) is 0 Å². The van der Waals surface area contributed by atoms with Crippen LogP contribution in [0.4, 0.5) is 0 Å². The van der Waals surface area contributed by atoms with Gasteiger partial charge >= 0.3 is 0 Å². The van der Waals surface area contributed by atoms with Crippen molar-refractivity contribution < 1.29 is 5.11 Å². The standard InChI is InChI=1S/C10H22O/c1-3-4-5-7-10(2)8-6-9-11/h10-11H,3-9H2,1-2H3/t10-/m0/s1. The number of aliphatic hydroxyl groups is 1. The second-order valence-corrected chi connectivity index (χ2v) is 3.47. The summed E-state index contributed by atoms with van der Waals surface area (Å²) in [6.45, 7) is 4.88. The molecule has 0 spiro atoms. The fourth-order valence-corrected chi connectivity index (χ4v) is 1.33. The third-order valence-electron chi connectivity index (χ3n) is 2.16. The zero-order chi connectivity index (χ0) is 8.53. The van der Waals surface area contributed by atoms with E-state index in [2.05, 4.69) is 13.8 Å². The van der Waals surface area contributed by atoms with E-state index in [-0.39, 0.29) is 0 Å². The Kier molecular flexibility index (Phi) is 8.03. The largest absolute Gasteiger partial charge is 0.396 e. The molecule has 0 rings (SSSR count). The summed E-state index contributed by atoms with van der Waals surface area (Å²) in [5.41, 5.74) is 0. The highest BCUT2D eigenvalue weighted by molar-refractivity contribution is 4.53. The Morgan fingerprint density at radius 1 is 1.09 bits per heavy atom. The molecule has 0 fully saturated rings. The van der Waals surface area contributed by atoms with E-state index < -0.39 is 0 Å². The van der Waals surface area contributed by atoms with Crippen molar-refractivity contribution in [1.82, 2.24) is 0 Å². The van der Waals surface area contributed by atoms with Crippen molar-refractivity contribution in [2.75, 3.05) is 6.61 Å². The number of unbranched alkanes of at least 4 members (excludes halogenated alkanes) is 2. The molecule has 0 aliphatic carbocycles. The Balaban J connectivity index is 3.02. The molecule has 0 bridgehead atoms. The summed E-state index contributed by atoms with van der Waals surface area (Å²) < 4.78 is 0. The molecule has 0 saturated heterocycles. The zero-order valence-electron chi connectivity index (χ0n) is 7.97. The van der Waals surface area contributed by atoms with Crippen LogP contribution in [0.3, 0.4) is 0 Å². The quantitative estimate of drug-likeness (QED) is 0.565. The summed E-state index contributed by atoms with van der Waals surface area (Å²) in [7, 11) is 0. The molecule has 1 heteroatoms. The summed E-state index contributed by atoms with van der Waals surface area (Å²) in [5.74, 6) is 0.814. The fourth-order valence-electron chi connectivity index (χ4n) is 1.33. The van der Waals surface area contributed by atoms with Gasteiger partial charge in [-0.2, -0.15) is 0 Å². The molecule has 1 N–H and O–H groups in total. The Morgan fingerprint density at radius 2 is 1.73 bits per heavy atom. The lowest BCUT2D eigenvalue weighted by Gasteiger charge is -2.08. The maximum Gasteiger partial charge on any atom is 0.0431 e. The minimum Gasteiger partial charge on any atom is -0.396 e. The predicted molar refractivity (Wildman–Crippen MR) is 49.6 cm³/mol. The summed E-state index contributed by atoms with van der Waals surface area (Å²) >= 11 is 0. The van der Waals surface area contributed by atoms with Crippen LogP contribution in [0.15, 0.2) is 0 Å². The molecule has 11 heavy (non-hydrogen) atoms. The molecule has 0 aromatic rings. The first-order valence-electron chi connectivity index (χ1n) is 4.92. The Bertz CT molecular complexity index is 71.3. The van der Waals surface area contributed by atoms with Crippen LogP contribution in [-0.4, -0.2) is 11.7 Å². The summed E-state index contributed by atoms with van der Waals surface area (Å²) in [5, 5.41) is 8.59. The van der Waals surface area contributed by atoms with Crippen LogP contribution in [0.2, 0.25) is 0 Å². The molecule has 0 unspecified atom stereocenters. The highest BCUT2D eigenvalue weighted by atomic mass is 16.2. The number of aliphatic hydroxyl groups excluding tert-OH is 1. The maximum absolute atomic E-state index is 8.59. The molecule has 0 saturated carbocycles. The van der Waals surface area contributed by atoms with Crippen LogP contribution in [-0.2, 0) is 0 Å². The first-order chi connectivity index (χ1) is 5.31. The van der Waals surface area contributed by atoms with Crippen molar-refractivity contribution in [3.05, 3.63) is 0 Å². The van der Waals surface area contributed by atoms with Gasteiger partial charge in [0.15, 0.2) is 0 Å². The Hall–Kier alpha value is -0.0400. The molecule has 0 aliphatic heterocycles. The lowest BCUT2D eigenvalue weighted by atomic mass is 9.99. The van der Waals surface area contributed by atoms with Crippen LogP contribution >= 0.6 is 0 Å². The van der Waals surface area contributed by atoms with Crippen LogP contribution in [0, 0.1) is 5.92 Å². The average molecular weight is 158 g/mol. The van der Waals surface area contributed by atoms with Crippen LogP contribution in [0.5, 0.6) is 0 Å². The Labute approximate surface area is 70.8 Å². The first kappa shape index (κ1) is 11.0. The highest BCUT2D eigenvalue weighted by Crippen LogP contribution is 2.13. The van der Waals surface area contributed by atoms with Crippen molar-refractivity contribution in [3.8, 4) is 0 Å². The summed E-state index contributed by atoms with van der Waals surface area (Å²) in [6.07, 6.45) is 7.56. The van der Waals surface area contributed by atoms with Crippen molar-refractivity contribution in [2.24, 2.45) is 5.92 Å². The highest BCUT2D eigenvalue weighted by Gasteiger charge is 1.99. The van der Waals surface area contributed by atoms with Crippen molar-refractivity contribution in [1.29, 1.82) is 0 Å². The van der Waals surface area contributed by atoms with E-state index in [9.17, 15) is 0 Å². The molecular weight excluding hydrogens is 136 g/mol. The fraction of sp³-hybridized carbons (Fsp3) is 1.00. The third kappa shape index (κ3) is 7.86. The van der Waals surface area contributed by atoms with E-state index in [4.69, 9.17) is 5.11 Å². The molecule has 0 aromatic heterocycles. The predicted octanol–water partition coefficient (Wildman–Crippen LogP) is 2.98. The molecule has 1 nitrogen and oxygen atoms in total. The number of hydrogen-bond donors (Lipinski definition) is 1. The zero-order valence-corrected chi connectivity index (χ0v) is 7.97. The molecule has 1 atom stereocenters. The minimum atomic E-state index is 0.359. The van der Waals surface area contributed by atoms with E-state index in [1.165, 1.54) is 32.1 Å². The van der Waals surface area contributed by atoms with Crippen molar-refractivity contribution >= 4 is 0 Å². The van der Waals surface area contributed by atoms with E-state index in [0.717, 1.165) is 12.3 Å². The summed E-state index contributed by atoms with van der Waals surface area (Å²) in [4.78, 5) is 0. The van der Waals surface area contributed by atoms with Crippen LogP contribution in [0.1, 0.15) is 52.4 Å². The molecule has 0 radical (unpaired) electrons. The molecular formula is C10H22O. The van der Waals surface area contributed by atoms with Crippen molar-refractivity contribution in [3.63, 3.8) is 0 Å². The summed E-state index contributed by atoms with van der Waals surface area (Å²) in [6, 6.07) is 0. The van der Waals surface area contributed by atoms with E-state index >= 15 is 0 Å². The smallest absolute Gasteiger partial charge is 0.0431 e. The Morgan fingerprint density at radius 3 is 2.27 bits per heavy atom. The van der Waals surface area contributed by atoms with Gasteiger partial charge < -0.3 is 5.11 Å². The van der Waals surface area contributed by atoms with Gasteiger partial charge in [0.05, 0.1) is 0 Å². The minimum absolute atomic E-state index is 0.359. The second kappa shape index (κ2) is 8.06. The van der Waals surface area contributed by atoms with Gasteiger partial charge in [0.1, 0.15) is 0 Å². The van der Waals surface area contributed by atoms with E-state index in [0.29, 0.717) is 6.61 Å². The third-order valence-corrected chi connectivity index (χ3v) is 2.16. The van der Waals surface area contributed by atoms with E-state index in [1.54, 1.807) is 0 Å². The number of rotatable bonds is 7. The van der Waals surface area contributed by atoms with Gasteiger partial charge in [-0.3, -0.25) is 0 Å². The lowest BCUT2D eigenvalue weighted by Crippen LogP contribution is -1.96. The van der Waals surface area contributed by atoms with Crippen molar-refractivity contribution in [2.45, 2.75) is 52.4 Å². The topological polar surface area (TPSA) is 20.2 Å².